The number of aliphatic hydroxyl groups excluding tert-OH is 1. The molecule has 146 valence electrons. The highest BCUT2D eigenvalue weighted by Gasteiger charge is 2.15. The van der Waals surface area contributed by atoms with Gasteiger partial charge in [0, 0.05) is 23.0 Å². The second-order valence-corrected chi connectivity index (χ2v) is 6.54. The Morgan fingerprint density at radius 3 is 2.79 bits per heavy atom. The number of nitrogens with one attached hydrogen (secondary N) is 2. The molecule has 0 spiro atoms. The van der Waals surface area contributed by atoms with E-state index in [1.54, 1.807) is 12.1 Å². The highest BCUT2D eigenvalue weighted by Crippen LogP contribution is 2.36. The monoisotopic (exact) mass is 423 g/mol. The number of nitrogens with two attached hydrogens (primary N) is 1. The lowest BCUT2D eigenvalue weighted by molar-refractivity contribution is 0.272. The molecule has 0 unspecified atom stereocenters. The van der Waals surface area contributed by atoms with E-state index in [2.05, 4.69) is 16.6 Å². The fourth-order valence-electron chi connectivity index (χ4n) is 2.16. The van der Waals surface area contributed by atoms with Crippen LogP contribution in [0.3, 0.4) is 0 Å². The second-order valence-electron chi connectivity index (χ2n) is 5.26. The zero-order valence-electron chi connectivity index (χ0n) is 14.6. The number of ether oxygens (including phenoxy) is 1. The molecule has 2 rings (SSSR count). The molecule has 0 aliphatic heterocycles. The summed E-state index contributed by atoms with van der Waals surface area (Å²) in [4.78, 5) is 0.507. The molecule has 0 fully saturated rings. The van der Waals surface area contributed by atoms with Crippen LogP contribution >= 0.6 is 23.5 Å². The summed E-state index contributed by atoms with van der Waals surface area (Å²) in [6.45, 7) is -0.286. The molecule has 0 heterocycles. The van der Waals surface area contributed by atoms with Gasteiger partial charge in [-0.1, -0.05) is 23.4 Å². The molecule has 0 radical (unpaired) electrons. The Morgan fingerprint density at radius 1 is 1.43 bits per heavy atom. The predicted octanol–water partition coefficient (Wildman–Crippen LogP) is 4.08. The lowest BCUT2D eigenvalue weighted by Gasteiger charge is -2.14. The van der Waals surface area contributed by atoms with Crippen molar-refractivity contribution in [2.24, 2.45) is 5.73 Å². The van der Waals surface area contributed by atoms with Crippen LogP contribution in [0.5, 0.6) is 5.75 Å². The molecule has 0 saturated heterocycles. The van der Waals surface area contributed by atoms with Gasteiger partial charge in [-0.3, -0.25) is 0 Å². The van der Waals surface area contributed by atoms with Gasteiger partial charge >= 0.3 is 0 Å². The van der Waals surface area contributed by atoms with Gasteiger partial charge in [-0.05, 0) is 36.2 Å². The zero-order valence-corrected chi connectivity index (χ0v) is 16.2. The summed E-state index contributed by atoms with van der Waals surface area (Å²) in [5.74, 6) is 3.41. The summed E-state index contributed by atoms with van der Waals surface area (Å²) in [5, 5.41) is 16.9. The lowest BCUT2D eigenvalue weighted by atomic mass is 10.1. The Labute approximate surface area is 170 Å². The van der Waals surface area contributed by atoms with Gasteiger partial charge in [0.15, 0.2) is 5.82 Å². The molecule has 0 bridgehead atoms. The van der Waals surface area contributed by atoms with E-state index in [4.69, 9.17) is 27.5 Å². The van der Waals surface area contributed by atoms with Gasteiger partial charge in [-0.25, -0.2) is 8.78 Å². The molecular weight excluding hydrogens is 408 g/mol. The van der Waals surface area contributed by atoms with Crippen LogP contribution in [0.2, 0.25) is 5.02 Å². The number of allylic oxidation sites excluding steroid dienone is 1. The standard InChI is InChI=1S/C19H16ClF2N3O2S/c1-27-19-12(10-26)6-13(20)7-17(19)28-25-16-5-4-15(21)14(18(16)22)3-2-11(8-23)9-24/h4-9,23,25-26H,10,24H2,1H3/b11-9-,23-8?. The summed E-state index contributed by atoms with van der Waals surface area (Å²) in [5.41, 5.74) is 5.38. The van der Waals surface area contributed by atoms with Gasteiger partial charge in [-0.15, -0.1) is 0 Å². The quantitative estimate of drug-likeness (QED) is 0.319. The van der Waals surface area contributed by atoms with E-state index in [1.807, 2.05) is 0 Å². The van der Waals surface area contributed by atoms with Crippen LogP contribution in [0.1, 0.15) is 11.1 Å². The lowest BCUT2D eigenvalue weighted by Crippen LogP contribution is -1.99. The maximum atomic E-state index is 14.7. The number of rotatable bonds is 6. The molecular formula is C19H16ClF2N3O2S. The number of methoxy groups -OCH3 is 1. The molecule has 0 atom stereocenters. The molecule has 0 aromatic heterocycles. The molecule has 0 aliphatic carbocycles. The third kappa shape index (κ3) is 4.95. The van der Waals surface area contributed by atoms with Crippen molar-refractivity contribution in [1.82, 2.24) is 0 Å². The Balaban J connectivity index is 2.35. The van der Waals surface area contributed by atoms with Crippen LogP contribution in [0, 0.1) is 28.9 Å². The van der Waals surface area contributed by atoms with E-state index in [-0.39, 0.29) is 17.9 Å². The van der Waals surface area contributed by atoms with Crippen molar-refractivity contribution in [3.05, 3.63) is 63.8 Å². The third-order valence-corrected chi connectivity index (χ3v) is 4.56. The van der Waals surface area contributed by atoms with E-state index in [1.165, 1.54) is 13.2 Å². The summed E-state index contributed by atoms with van der Waals surface area (Å²) in [6, 6.07) is 5.44. The van der Waals surface area contributed by atoms with Gasteiger partial charge in [0.05, 0.1) is 35.4 Å². The van der Waals surface area contributed by atoms with E-state index >= 15 is 0 Å². The van der Waals surface area contributed by atoms with Crippen LogP contribution in [0.4, 0.5) is 14.5 Å². The van der Waals surface area contributed by atoms with Crippen molar-refractivity contribution in [2.75, 3.05) is 11.8 Å². The largest absolute Gasteiger partial charge is 0.495 e. The summed E-state index contributed by atoms with van der Waals surface area (Å²) < 4.78 is 36.7. The minimum absolute atomic E-state index is 0.0172. The minimum atomic E-state index is -0.898. The number of benzene rings is 2. The average Bonchev–Trinajstić information content (AvgIpc) is 2.69. The highest BCUT2D eigenvalue weighted by molar-refractivity contribution is 8.00. The Hall–Kier alpha value is -2.73. The Kier molecular flexibility index (Phi) is 7.70. The zero-order chi connectivity index (χ0) is 20.7. The van der Waals surface area contributed by atoms with Gasteiger partial charge in [-0.2, -0.15) is 0 Å². The summed E-state index contributed by atoms with van der Waals surface area (Å²) in [7, 11) is 1.44. The van der Waals surface area contributed by atoms with Crippen molar-refractivity contribution in [3.63, 3.8) is 0 Å². The maximum absolute atomic E-state index is 14.7. The molecule has 0 saturated carbocycles. The molecule has 0 aliphatic rings. The molecule has 9 heteroatoms. The molecule has 5 N–H and O–H groups in total. The van der Waals surface area contributed by atoms with Crippen molar-refractivity contribution in [1.29, 1.82) is 5.41 Å². The Morgan fingerprint density at radius 2 is 2.18 bits per heavy atom. The Bertz CT molecular complexity index is 987. The second kappa shape index (κ2) is 9.99. The van der Waals surface area contributed by atoms with Crippen LogP contribution in [-0.2, 0) is 6.61 Å². The van der Waals surface area contributed by atoms with Gasteiger partial charge < -0.3 is 25.7 Å². The number of anilines is 1. The summed E-state index contributed by atoms with van der Waals surface area (Å²) >= 11 is 7.01. The van der Waals surface area contributed by atoms with Crippen molar-refractivity contribution < 1.29 is 18.6 Å². The third-order valence-electron chi connectivity index (χ3n) is 3.50. The topological polar surface area (TPSA) is 91.4 Å². The first kappa shape index (κ1) is 21.6. The highest BCUT2D eigenvalue weighted by atomic mass is 35.5. The molecule has 28 heavy (non-hydrogen) atoms. The van der Waals surface area contributed by atoms with Gasteiger partial charge in [0.25, 0.3) is 0 Å². The van der Waals surface area contributed by atoms with E-state index in [9.17, 15) is 13.9 Å². The summed E-state index contributed by atoms with van der Waals surface area (Å²) in [6.07, 6.45) is 1.95. The number of hydrogen-bond acceptors (Lipinski definition) is 6. The fraction of sp³-hybridized carbons (Fsp3) is 0.105. The SMILES string of the molecule is COc1c(CO)cc(Cl)cc1SNc1ccc(F)c(C#C/C(C=N)=C/N)c1F. The van der Waals surface area contributed by atoms with Crippen molar-refractivity contribution >= 4 is 35.5 Å². The first-order valence-electron chi connectivity index (χ1n) is 7.77. The number of halogens is 3. The van der Waals surface area contributed by atoms with E-state index in [0.29, 0.717) is 21.2 Å². The fourth-order valence-corrected chi connectivity index (χ4v) is 3.34. The van der Waals surface area contributed by atoms with E-state index < -0.39 is 17.2 Å². The van der Waals surface area contributed by atoms with Crippen LogP contribution in [0.15, 0.2) is 40.9 Å². The van der Waals surface area contributed by atoms with Crippen LogP contribution in [0.25, 0.3) is 0 Å². The normalized spacial score (nSPS) is 10.8. The maximum Gasteiger partial charge on any atom is 0.165 e. The molecule has 2 aromatic carbocycles. The smallest absolute Gasteiger partial charge is 0.165 e. The van der Waals surface area contributed by atoms with Crippen molar-refractivity contribution in [3.8, 4) is 17.6 Å². The molecule has 5 nitrogen and oxygen atoms in total. The first-order valence-corrected chi connectivity index (χ1v) is 8.97. The molecule has 2 aromatic rings. The van der Waals surface area contributed by atoms with Crippen LogP contribution < -0.4 is 15.2 Å². The molecule has 0 amide bonds. The van der Waals surface area contributed by atoms with E-state index in [0.717, 1.165) is 30.4 Å². The number of aliphatic hydroxyl groups is 1. The minimum Gasteiger partial charge on any atom is -0.495 e. The van der Waals surface area contributed by atoms with Gasteiger partial charge in [0.2, 0.25) is 0 Å². The average molecular weight is 424 g/mol. The van der Waals surface area contributed by atoms with Crippen LogP contribution in [-0.4, -0.2) is 18.4 Å². The van der Waals surface area contributed by atoms with Gasteiger partial charge in [0.1, 0.15) is 11.6 Å². The predicted molar refractivity (Wildman–Crippen MR) is 108 cm³/mol. The first-order chi connectivity index (χ1) is 13.4. The van der Waals surface area contributed by atoms with Crippen molar-refractivity contribution in [2.45, 2.75) is 11.5 Å². The number of hydrogen-bond donors (Lipinski definition) is 4.